The Morgan fingerprint density at radius 2 is 2.07 bits per heavy atom. The first-order valence-corrected chi connectivity index (χ1v) is 6.15. The van der Waals surface area contributed by atoms with Crippen molar-refractivity contribution in [3.8, 4) is 0 Å². The molecule has 0 aliphatic heterocycles. The molecule has 0 aromatic heterocycles. The normalized spacial score (nSPS) is 30.2. The van der Waals surface area contributed by atoms with Crippen LogP contribution in [0.3, 0.4) is 0 Å². The summed E-state index contributed by atoms with van der Waals surface area (Å²) in [7, 11) is 0. The summed E-state index contributed by atoms with van der Waals surface area (Å²) in [5.41, 5.74) is 0. The van der Waals surface area contributed by atoms with E-state index >= 15 is 0 Å². The van der Waals surface area contributed by atoms with Crippen molar-refractivity contribution in [2.24, 2.45) is 5.92 Å². The van der Waals surface area contributed by atoms with Crippen LogP contribution in [0, 0.1) is 5.92 Å². The number of hydrogen-bond donors (Lipinski definition) is 2. The van der Waals surface area contributed by atoms with Crippen molar-refractivity contribution in [2.45, 2.75) is 64.5 Å². The third-order valence-electron chi connectivity index (χ3n) is 3.24. The van der Waals surface area contributed by atoms with Crippen LogP contribution in [0.15, 0.2) is 0 Å². The Morgan fingerprint density at radius 3 is 2.71 bits per heavy atom. The van der Waals surface area contributed by atoms with Crippen molar-refractivity contribution >= 4 is 0 Å². The van der Waals surface area contributed by atoms with E-state index in [0.29, 0.717) is 6.04 Å². The summed E-state index contributed by atoms with van der Waals surface area (Å²) in [6.45, 7) is 5.58. The first-order chi connectivity index (χ1) is 6.74. The fraction of sp³-hybridized carbons (Fsp3) is 1.00. The van der Waals surface area contributed by atoms with E-state index in [-0.39, 0.29) is 6.10 Å². The second kappa shape index (κ2) is 6.41. The SMILES string of the molecule is CCCC(C)CNC1CCCCC1O. The average Bonchev–Trinajstić information content (AvgIpc) is 2.17. The Kier molecular flexibility index (Phi) is 5.49. The van der Waals surface area contributed by atoms with Crippen LogP contribution in [-0.2, 0) is 0 Å². The van der Waals surface area contributed by atoms with Crippen LogP contribution in [0.5, 0.6) is 0 Å². The predicted molar refractivity (Wildman–Crippen MR) is 60.3 cm³/mol. The van der Waals surface area contributed by atoms with E-state index in [4.69, 9.17) is 0 Å². The molecule has 14 heavy (non-hydrogen) atoms. The lowest BCUT2D eigenvalue weighted by atomic mass is 9.92. The van der Waals surface area contributed by atoms with Gasteiger partial charge in [-0.05, 0) is 31.7 Å². The Labute approximate surface area is 88.1 Å². The predicted octanol–water partition coefficient (Wildman–Crippen LogP) is 2.32. The van der Waals surface area contributed by atoms with Gasteiger partial charge in [0, 0.05) is 6.04 Å². The highest BCUT2D eigenvalue weighted by Crippen LogP contribution is 2.18. The summed E-state index contributed by atoms with van der Waals surface area (Å²) in [5, 5.41) is 13.3. The second-order valence-corrected chi connectivity index (χ2v) is 4.76. The van der Waals surface area contributed by atoms with E-state index in [1.165, 1.54) is 25.7 Å². The van der Waals surface area contributed by atoms with Gasteiger partial charge < -0.3 is 10.4 Å². The molecule has 1 aliphatic rings. The summed E-state index contributed by atoms with van der Waals surface area (Å²) in [6, 6.07) is 0.364. The van der Waals surface area contributed by atoms with Gasteiger partial charge in [0.05, 0.1) is 6.10 Å². The monoisotopic (exact) mass is 199 g/mol. The third-order valence-corrected chi connectivity index (χ3v) is 3.24. The Bertz CT molecular complexity index is 149. The molecule has 0 aromatic carbocycles. The zero-order valence-electron chi connectivity index (χ0n) is 9.63. The molecule has 2 nitrogen and oxygen atoms in total. The quantitative estimate of drug-likeness (QED) is 0.712. The molecule has 1 fully saturated rings. The van der Waals surface area contributed by atoms with Gasteiger partial charge in [0.15, 0.2) is 0 Å². The number of nitrogens with one attached hydrogen (secondary N) is 1. The van der Waals surface area contributed by atoms with Gasteiger partial charge in [-0.3, -0.25) is 0 Å². The maximum absolute atomic E-state index is 9.75. The minimum atomic E-state index is -0.0995. The molecule has 3 unspecified atom stereocenters. The second-order valence-electron chi connectivity index (χ2n) is 4.76. The molecule has 0 amide bonds. The molecular formula is C12H25NO. The van der Waals surface area contributed by atoms with Gasteiger partial charge in [0.1, 0.15) is 0 Å². The van der Waals surface area contributed by atoms with Crippen LogP contribution in [0.25, 0.3) is 0 Å². The number of hydrogen-bond acceptors (Lipinski definition) is 2. The molecular weight excluding hydrogens is 174 g/mol. The van der Waals surface area contributed by atoms with Gasteiger partial charge in [-0.25, -0.2) is 0 Å². The maximum atomic E-state index is 9.75. The Balaban J connectivity index is 2.15. The van der Waals surface area contributed by atoms with Gasteiger partial charge in [-0.2, -0.15) is 0 Å². The van der Waals surface area contributed by atoms with Crippen molar-refractivity contribution in [1.82, 2.24) is 5.32 Å². The summed E-state index contributed by atoms with van der Waals surface area (Å²) in [6.07, 6.45) is 7.06. The molecule has 1 saturated carbocycles. The summed E-state index contributed by atoms with van der Waals surface area (Å²) < 4.78 is 0. The van der Waals surface area contributed by atoms with Gasteiger partial charge >= 0.3 is 0 Å². The Morgan fingerprint density at radius 1 is 1.36 bits per heavy atom. The molecule has 1 aliphatic carbocycles. The first kappa shape index (κ1) is 12.0. The van der Waals surface area contributed by atoms with E-state index in [1.807, 2.05) is 0 Å². The van der Waals surface area contributed by atoms with Crippen LogP contribution in [0.2, 0.25) is 0 Å². The lowest BCUT2D eigenvalue weighted by molar-refractivity contribution is 0.0890. The lowest BCUT2D eigenvalue weighted by Crippen LogP contribution is -2.43. The Hall–Kier alpha value is -0.0800. The van der Waals surface area contributed by atoms with Gasteiger partial charge in [-0.1, -0.05) is 33.1 Å². The van der Waals surface area contributed by atoms with Crippen molar-refractivity contribution in [3.63, 3.8) is 0 Å². The molecule has 1 rings (SSSR count). The van der Waals surface area contributed by atoms with E-state index in [0.717, 1.165) is 25.3 Å². The number of aliphatic hydroxyl groups is 1. The fourth-order valence-corrected chi connectivity index (χ4v) is 2.30. The van der Waals surface area contributed by atoms with Gasteiger partial charge in [0.2, 0.25) is 0 Å². The van der Waals surface area contributed by atoms with Crippen LogP contribution < -0.4 is 5.32 Å². The molecule has 0 aromatic rings. The molecule has 84 valence electrons. The van der Waals surface area contributed by atoms with E-state index in [9.17, 15) is 5.11 Å². The molecule has 0 heterocycles. The number of rotatable bonds is 5. The fourth-order valence-electron chi connectivity index (χ4n) is 2.30. The molecule has 2 N–H and O–H groups in total. The van der Waals surface area contributed by atoms with Crippen LogP contribution in [0.4, 0.5) is 0 Å². The minimum Gasteiger partial charge on any atom is -0.392 e. The van der Waals surface area contributed by atoms with E-state index < -0.39 is 0 Å². The van der Waals surface area contributed by atoms with Crippen molar-refractivity contribution in [3.05, 3.63) is 0 Å². The average molecular weight is 199 g/mol. The smallest absolute Gasteiger partial charge is 0.0693 e. The molecule has 0 radical (unpaired) electrons. The maximum Gasteiger partial charge on any atom is 0.0693 e. The van der Waals surface area contributed by atoms with Crippen molar-refractivity contribution in [1.29, 1.82) is 0 Å². The van der Waals surface area contributed by atoms with Crippen LogP contribution in [-0.4, -0.2) is 23.8 Å². The number of aliphatic hydroxyl groups excluding tert-OH is 1. The molecule has 0 saturated heterocycles. The molecule has 0 spiro atoms. The highest BCUT2D eigenvalue weighted by atomic mass is 16.3. The van der Waals surface area contributed by atoms with Crippen molar-refractivity contribution in [2.75, 3.05) is 6.54 Å². The first-order valence-electron chi connectivity index (χ1n) is 6.15. The molecule has 0 bridgehead atoms. The summed E-state index contributed by atoms with van der Waals surface area (Å²) in [5.74, 6) is 0.745. The molecule has 2 heteroatoms. The highest BCUT2D eigenvalue weighted by molar-refractivity contribution is 4.80. The van der Waals surface area contributed by atoms with Gasteiger partial charge in [0.25, 0.3) is 0 Å². The zero-order valence-corrected chi connectivity index (χ0v) is 9.63. The lowest BCUT2D eigenvalue weighted by Gasteiger charge is -2.29. The molecule has 3 atom stereocenters. The van der Waals surface area contributed by atoms with Crippen LogP contribution >= 0.6 is 0 Å². The largest absolute Gasteiger partial charge is 0.392 e. The topological polar surface area (TPSA) is 32.3 Å². The standard InChI is InChI=1S/C12H25NO/c1-3-6-10(2)9-13-11-7-4-5-8-12(11)14/h10-14H,3-9H2,1-2H3. The summed E-state index contributed by atoms with van der Waals surface area (Å²) >= 11 is 0. The zero-order chi connectivity index (χ0) is 10.4. The van der Waals surface area contributed by atoms with Crippen molar-refractivity contribution < 1.29 is 5.11 Å². The third kappa shape index (κ3) is 3.97. The van der Waals surface area contributed by atoms with Crippen LogP contribution in [0.1, 0.15) is 52.4 Å². The van der Waals surface area contributed by atoms with E-state index in [2.05, 4.69) is 19.2 Å². The summed E-state index contributed by atoms with van der Waals surface area (Å²) in [4.78, 5) is 0. The van der Waals surface area contributed by atoms with Gasteiger partial charge in [-0.15, -0.1) is 0 Å². The minimum absolute atomic E-state index is 0.0995. The van der Waals surface area contributed by atoms with E-state index in [1.54, 1.807) is 0 Å². The highest BCUT2D eigenvalue weighted by Gasteiger charge is 2.22.